The van der Waals surface area contributed by atoms with Gasteiger partial charge in [0.05, 0.1) is 18.5 Å². The summed E-state index contributed by atoms with van der Waals surface area (Å²) < 4.78 is 18.7. The first-order valence-electron chi connectivity index (χ1n) is 6.91. The summed E-state index contributed by atoms with van der Waals surface area (Å²) in [6.07, 6.45) is -0.580. The highest BCUT2D eigenvalue weighted by molar-refractivity contribution is 7.83. The minimum Gasteiger partial charge on any atom is -0.394 e. The molecule has 0 aromatic carbocycles. The number of fused-ring (bicyclic) bond motifs is 1. The number of nitrogens with two attached hydrogens (primary N) is 1. The van der Waals surface area contributed by atoms with Crippen LogP contribution in [0.4, 0.5) is 5.95 Å². The smallest absolute Gasteiger partial charge is 0.280 e. The normalized spacial score (nSPS) is 26.0. The molecular weight excluding hydrogens is 326 g/mol. The van der Waals surface area contributed by atoms with Crippen molar-refractivity contribution in [2.24, 2.45) is 0 Å². The van der Waals surface area contributed by atoms with Crippen molar-refractivity contribution in [2.75, 3.05) is 18.6 Å². The van der Waals surface area contributed by atoms with E-state index >= 15 is 0 Å². The third-order valence-electron chi connectivity index (χ3n) is 3.65. The second-order valence-corrected chi connectivity index (χ2v) is 6.79. The number of nitrogens with zero attached hydrogens (tertiary/aromatic N) is 3. The van der Waals surface area contributed by atoms with Crippen molar-refractivity contribution in [1.82, 2.24) is 19.5 Å². The minimum atomic E-state index is -1.21. The minimum absolute atomic E-state index is 0.0604. The average molecular weight is 343 g/mol. The molecule has 4 atom stereocenters. The fraction of sp³-hybridized carbons (Fsp3) is 0.583. The number of hydrogen-bond donors (Lipinski definition) is 4. The largest absolute Gasteiger partial charge is 0.394 e. The Kier molecular flexibility index (Phi) is 4.19. The monoisotopic (exact) mass is 343 g/mol. The lowest BCUT2D eigenvalue weighted by Crippen LogP contribution is -2.24. The summed E-state index contributed by atoms with van der Waals surface area (Å²) in [6.45, 7) is -0.338. The second-order valence-electron chi connectivity index (χ2n) is 5.35. The van der Waals surface area contributed by atoms with E-state index in [9.17, 15) is 19.2 Å². The Balaban J connectivity index is 2.16. The zero-order valence-electron chi connectivity index (χ0n) is 12.3. The molecule has 0 radical (unpaired) electrons. The molecule has 126 valence electrons. The van der Waals surface area contributed by atoms with E-state index in [2.05, 4.69) is 15.0 Å². The molecule has 1 fully saturated rings. The number of H-pyrrole nitrogens is 1. The molecule has 5 N–H and O–H groups in total. The average Bonchev–Trinajstić information content (AvgIpc) is 2.98. The maximum absolute atomic E-state index is 12.0. The third kappa shape index (κ3) is 2.87. The van der Waals surface area contributed by atoms with Crippen molar-refractivity contribution in [2.45, 2.75) is 30.6 Å². The van der Waals surface area contributed by atoms with Crippen LogP contribution in [0.5, 0.6) is 0 Å². The summed E-state index contributed by atoms with van der Waals surface area (Å²) in [5, 5.41) is 19.1. The van der Waals surface area contributed by atoms with Crippen LogP contribution < -0.4 is 11.3 Å². The molecule has 0 spiro atoms. The molecule has 3 heterocycles. The summed E-state index contributed by atoms with van der Waals surface area (Å²) in [4.78, 5) is 22.6. The molecule has 11 heteroatoms. The first-order valence-corrected chi connectivity index (χ1v) is 8.64. The van der Waals surface area contributed by atoms with Crippen LogP contribution in [-0.4, -0.2) is 59.0 Å². The predicted octanol–water partition coefficient (Wildman–Crippen LogP) is -1.78. The molecule has 1 unspecified atom stereocenters. The number of nitrogens with one attached hydrogen (secondary N) is 1. The van der Waals surface area contributed by atoms with Crippen LogP contribution in [0.2, 0.25) is 0 Å². The molecule has 23 heavy (non-hydrogen) atoms. The van der Waals surface area contributed by atoms with E-state index in [-0.39, 0.29) is 35.9 Å². The lowest BCUT2D eigenvalue weighted by atomic mass is 10.2. The SMILES string of the molecule is CS(=O)Cc1nc2c(=O)[nH]c(N)nc2n1[C@H]1C[C@H](O)[C@@H](CO)O1. The van der Waals surface area contributed by atoms with Crippen LogP contribution in [0.1, 0.15) is 18.5 Å². The van der Waals surface area contributed by atoms with E-state index in [0.29, 0.717) is 5.82 Å². The molecule has 2 aromatic rings. The molecular formula is C12H17N5O5S. The molecule has 0 bridgehead atoms. The van der Waals surface area contributed by atoms with Gasteiger partial charge in [0, 0.05) is 23.5 Å². The fourth-order valence-electron chi connectivity index (χ4n) is 2.67. The number of aromatic nitrogens is 4. The van der Waals surface area contributed by atoms with Gasteiger partial charge in [-0.05, 0) is 0 Å². The van der Waals surface area contributed by atoms with Gasteiger partial charge in [0.1, 0.15) is 18.2 Å². The number of aliphatic hydroxyl groups is 2. The summed E-state index contributed by atoms with van der Waals surface area (Å²) >= 11 is 0. The van der Waals surface area contributed by atoms with Gasteiger partial charge in [0.25, 0.3) is 5.56 Å². The Morgan fingerprint density at radius 1 is 1.52 bits per heavy atom. The zero-order chi connectivity index (χ0) is 16.7. The Bertz CT molecular complexity index is 818. The van der Waals surface area contributed by atoms with Gasteiger partial charge >= 0.3 is 0 Å². The summed E-state index contributed by atoms with van der Waals surface area (Å²) in [7, 11) is -1.21. The number of ether oxygens (including phenoxy) is 1. The highest BCUT2D eigenvalue weighted by Gasteiger charge is 2.37. The maximum Gasteiger partial charge on any atom is 0.280 e. The molecule has 3 rings (SSSR count). The van der Waals surface area contributed by atoms with Crippen LogP contribution >= 0.6 is 0 Å². The third-order valence-corrected chi connectivity index (χ3v) is 4.31. The molecule has 1 aliphatic rings. The van der Waals surface area contributed by atoms with Gasteiger partial charge in [-0.25, -0.2) is 4.98 Å². The van der Waals surface area contributed by atoms with E-state index in [1.165, 1.54) is 10.8 Å². The van der Waals surface area contributed by atoms with Crippen LogP contribution in [0.3, 0.4) is 0 Å². The Hall–Kier alpha value is -1.82. The van der Waals surface area contributed by atoms with Crippen LogP contribution in [0.25, 0.3) is 11.2 Å². The van der Waals surface area contributed by atoms with Gasteiger partial charge in [-0.15, -0.1) is 0 Å². The highest BCUT2D eigenvalue weighted by atomic mass is 32.2. The van der Waals surface area contributed by atoms with Gasteiger partial charge in [-0.1, -0.05) is 0 Å². The van der Waals surface area contributed by atoms with Crippen LogP contribution in [-0.2, 0) is 21.3 Å². The number of anilines is 1. The van der Waals surface area contributed by atoms with Crippen molar-refractivity contribution in [1.29, 1.82) is 0 Å². The van der Waals surface area contributed by atoms with Crippen LogP contribution in [0.15, 0.2) is 4.79 Å². The summed E-state index contributed by atoms with van der Waals surface area (Å²) in [5.41, 5.74) is 5.33. The predicted molar refractivity (Wildman–Crippen MR) is 82.0 cm³/mol. The van der Waals surface area contributed by atoms with Gasteiger partial charge in [-0.2, -0.15) is 4.98 Å². The van der Waals surface area contributed by atoms with Crippen molar-refractivity contribution in [3.63, 3.8) is 0 Å². The quantitative estimate of drug-likeness (QED) is 0.507. The lowest BCUT2D eigenvalue weighted by molar-refractivity contribution is -0.0438. The molecule has 0 saturated carbocycles. The van der Waals surface area contributed by atoms with Gasteiger partial charge in [-0.3, -0.25) is 18.6 Å². The summed E-state index contributed by atoms with van der Waals surface area (Å²) in [5.74, 6) is 0.362. The van der Waals surface area contributed by atoms with Crippen molar-refractivity contribution >= 4 is 27.9 Å². The fourth-order valence-corrected chi connectivity index (χ4v) is 3.24. The maximum atomic E-state index is 12.0. The number of imidazole rings is 1. The lowest BCUT2D eigenvalue weighted by Gasteiger charge is -2.16. The topological polar surface area (TPSA) is 156 Å². The highest BCUT2D eigenvalue weighted by Crippen LogP contribution is 2.32. The summed E-state index contributed by atoms with van der Waals surface area (Å²) in [6, 6.07) is 0. The van der Waals surface area contributed by atoms with Gasteiger partial charge in [0.15, 0.2) is 11.2 Å². The Morgan fingerprint density at radius 2 is 2.26 bits per heavy atom. The van der Waals surface area contributed by atoms with Crippen molar-refractivity contribution < 1.29 is 19.2 Å². The number of aromatic amines is 1. The van der Waals surface area contributed by atoms with Crippen molar-refractivity contribution in [3.05, 3.63) is 16.2 Å². The molecule has 10 nitrogen and oxygen atoms in total. The molecule has 0 aliphatic carbocycles. The number of aliphatic hydroxyl groups excluding tert-OH is 2. The standard InChI is InChI=1S/C12H17N5O5S/c1-23(21)4-7-14-9-10(15-12(13)16-11(9)20)17(7)8-2-5(19)6(3-18)22-8/h5-6,8,18-19H,2-4H2,1H3,(H3,13,15,16,20)/t5-,6+,8+,23?/m0/s1. The molecule has 1 saturated heterocycles. The molecule has 1 aliphatic heterocycles. The number of hydrogen-bond acceptors (Lipinski definition) is 8. The Labute approximate surface area is 132 Å². The van der Waals surface area contributed by atoms with E-state index in [4.69, 9.17) is 10.5 Å². The van der Waals surface area contributed by atoms with Gasteiger partial charge < -0.3 is 20.7 Å². The number of rotatable bonds is 4. The van der Waals surface area contributed by atoms with E-state index < -0.39 is 34.8 Å². The van der Waals surface area contributed by atoms with E-state index in [1.54, 1.807) is 0 Å². The zero-order valence-corrected chi connectivity index (χ0v) is 13.1. The van der Waals surface area contributed by atoms with E-state index in [0.717, 1.165) is 0 Å². The first kappa shape index (κ1) is 16.1. The van der Waals surface area contributed by atoms with Crippen molar-refractivity contribution in [3.8, 4) is 0 Å². The van der Waals surface area contributed by atoms with Gasteiger partial charge in [0.2, 0.25) is 5.95 Å². The first-order chi connectivity index (χ1) is 10.9. The molecule has 0 amide bonds. The molecule has 2 aromatic heterocycles. The second kappa shape index (κ2) is 6.00. The number of nitrogen functional groups attached to an aromatic ring is 1. The van der Waals surface area contributed by atoms with E-state index in [1.807, 2.05) is 0 Å². The Morgan fingerprint density at radius 3 is 2.87 bits per heavy atom. The van der Waals surface area contributed by atoms with Crippen LogP contribution in [0, 0.1) is 0 Å².